The van der Waals surface area contributed by atoms with E-state index in [1.807, 2.05) is 12.1 Å². The first-order chi connectivity index (χ1) is 9.77. The van der Waals surface area contributed by atoms with Crippen molar-refractivity contribution < 1.29 is 19.1 Å². The Kier molecular flexibility index (Phi) is 4.23. The van der Waals surface area contributed by atoms with Gasteiger partial charge in [-0.15, -0.1) is 0 Å². The summed E-state index contributed by atoms with van der Waals surface area (Å²) >= 11 is 5.90. The lowest BCUT2D eigenvalue weighted by atomic mass is 10.2. The van der Waals surface area contributed by atoms with Crippen LogP contribution in [0.5, 0.6) is 0 Å². The fourth-order valence-electron chi connectivity index (χ4n) is 1.90. The summed E-state index contributed by atoms with van der Waals surface area (Å²) in [6, 6.07) is 7.22. The van der Waals surface area contributed by atoms with E-state index in [-0.39, 0.29) is 11.7 Å². The van der Waals surface area contributed by atoms with E-state index in [9.17, 15) is 9.59 Å². The van der Waals surface area contributed by atoms with E-state index >= 15 is 0 Å². The summed E-state index contributed by atoms with van der Waals surface area (Å²) < 4.78 is 10.2. The third-order valence-electron chi connectivity index (χ3n) is 2.83. The van der Waals surface area contributed by atoms with E-state index in [1.165, 1.54) is 4.90 Å². The lowest BCUT2D eigenvalue weighted by Gasteiger charge is -2.16. The molecule has 6 heteroatoms. The fourth-order valence-corrected chi connectivity index (χ4v) is 2.11. The molecular formula is C15H16ClNO4. The van der Waals surface area contributed by atoms with Crippen LogP contribution >= 0.6 is 11.6 Å². The lowest BCUT2D eigenvalue weighted by molar-refractivity contribution is -0.159. The number of benzene rings is 1. The molecule has 0 spiro atoms. The van der Waals surface area contributed by atoms with Crippen LogP contribution in [0.4, 0.5) is 0 Å². The highest BCUT2D eigenvalue weighted by Crippen LogP contribution is 2.26. The molecule has 1 amide bonds. The predicted molar refractivity (Wildman–Crippen MR) is 77.3 cm³/mol. The number of carbonyl (C=O) groups is 2. The first-order valence-electron chi connectivity index (χ1n) is 6.40. The number of esters is 1. The second-order valence-electron chi connectivity index (χ2n) is 5.22. The molecular weight excluding hydrogens is 294 g/mol. The largest absolute Gasteiger partial charge is 0.445 e. The Bertz CT molecular complexity index is 609. The number of amides is 1. The minimum absolute atomic E-state index is 0.0806. The third kappa shape index (κ3) is 3.98. The van der Waals surface area contributed by atoms with Crippen molar-refractivity contribution in [3.63, 3.8) is 0 Å². The molecule has 1 aromatic carbocycles. The van der Waals surface area contributed by atoms with Gasteiger partial charge in [0.2, 0.25) is 11.5 Å². The van der Waals surface area contributed by atoms with Gasteiger partial charge in [-0.25, -0.2) is 4.79 Å². The maximum atomic E-state index is 12.1. The maximum absolute atomic E-state index is 12.1. The summed E-state index contributed by atoms with van der Waals surface area (Å²) in [6.07, 6.45) is 1.14. The molecule has 0 aliphatic carbocycles. The number of cyclic esters (lactones) is 1. The molecule has 0 aromatic heterocycles. The van der Waals surface area contributed by atoms with Crippen molar-refractivity contribution in [1.29, 1.82) is 0 Å². The molecule has 0 atom stereocenters. The number of carbonyl (C=O) groups excluding carboxylic acids is 2. The van der Waals surface area contributed by atoms with E-state index in [0.29, 0.717) is 11.6 Å². The molecule has 21 heavy (non-hydrogen) atoms. The van der Waals surface area contributed by atoms with Crippen LogP contribution in [0.25, 0.3) is 0 Å². The number of nitrogens with zero attached hydrogens (tertiary/aromatic N) is 1. The molecule has 0 radical (unpaired) electrons. The van der Waals surface area contributed by atoms with Crippen LogP contribution in [0.3, 0.4) is 0 Å². The molecule has 0 unspecified atom stereocenters. The Hall–Kier alpha value is -2.01. The van der Waals surface area contributed by atoms with E-state index < -0.39 is 11.8 Å². The fraction of sp³-hybridized carbons (Fsp3) is 0.333. The zero-order chi connectivity index (χ0) is 15.6. The van der Waals surface area contributed by atoms with Crippen molar-refractivity contribution in [3.8, 4) is 0 Å². The molecule has 1 aromatic rings. The Morgan fingerprint density at radius 3 is 2.67 bits per heavy atom. The van der Waals surface area contributed by atoms with Crippen molar-refractivity contribution >= 4 is 23.5 Å². The number of hydrogen-bond acceptors (Lipinski definition) is 4. The number of halogens is 1. The van der Waals surface area contributed by atoms with Crippen LogP contribution in [-0.4, -0.2) is 29.6 Å². The maximum Gasteiger partial charge on any atom is 0.377 e. The quantitative estimate of drug-likeness (QED) is 0.636. The van der Waals surface area contributed by atoms with Gasteiger partial charge >= 0.3 is 5.97 Å². The van der Waals surface area contributed by atoms with Gasteiger partial charge in [0, 0.05) is 32.5 Å². The van der Waals surface area contributed by atoms with E-state index in [0.717, 1.165) is 11.6 Å². The zero-order valence-electron chi connectivity index (χ0n) is 12.1. The van der Waals surface area contributed by atoms with Gasteiger partial charge < -0.3 is 14.4 Å². The Labute approximate surface area is 128 Å². The molecule has 5 nitrogen and oxygen atoms in total. The van der Waals surface area contributed by atoms with Crippen LogP contribution < -0.4 is 0 Å². The normalized spacial score (nSPS) is 18.3. The number of hydrogen-bond donors (Lipinski definition) is 0. The summed E-state index contributed by atoms with van der Waals surface area (Å²) in [6.45, 7) is 3.58. The van der Waals surface area contributed by atoms with Crippen molar-refractivity contribution in [3.05, 3.63) is 46.7 Å². The minimum atomic E-state index is -1.03. The van der Waals surface area contributed by atoms with Crippen molar-refractivity contribution in [2.45, 2.75) is 26.2 Å². The first-order valence-corrected chi connectivity index (χ1v) is 6.78. The SMILES string of the molecule is CN(Cc1cccc(Cl)c1)C(=O)/C=C1/OC(C)(C)OC1=O. The molecule has 1 aliphatic heterocycles. The highest BCUT2D eigenvalue weighted by atomic mass is 35.5. The van der Waals surface area contributed by atoms with Crippen LogP contribution in [0.2, 0.25) is 5.02 Å². The molecule has 1 heterocycles. The van der Waals surface area contributed by atoms with Crippen LogP contribution in [0.1, 0.15) is 19.4 Å². The highest BCUT2D eigenvalue weighted by Gasteiger charge is 2.37. The van der Waals surface area contributed by atoms with Gasteiger partial charge in [-0.2, -0.15) is 0 Å². The number of likely N-dealkylation sites (N-methyl/N-ethyl adjacent to an activating group) is 1. The average molecular weight is 310 g/mol. The molecule has 112 valence electrons. The van der Waals surface area contributed by atoms with E-state index in [2.05, 4.69) is 0 Å². The predicted octanol–water partition coefficient (Wildman–Crippen LogP) is 2.49. The highest BCUT2D eigenvalue weighted by molar-refractivity contribution is 6.30. The lowest BCUT2D eigenvalue weighted by Crippen LogP contribution is -2.25. The van der Waals surface area contributed by atoms with E-state index in [1.54, 1.807) is 33.0 Å². The second kappa shape index (κ2) is 5.77. The topological polar surface area (TPSA) is 55.8 Å². The second-order valence-corrected chi connectivity index (χ2v) is 5.66. The summed E-state index contributed by atoms with van der Waals surface area (Å²) in [5, 5.41) is 0.608. The third-order valence-corrected chi connectivity index (χ3v) is 3.07. The standard InChI is InChI=1S/C15H16ClNO4/c1-15(2)20-12(14(19)21-15)8-13(18)17(3)9-10-5-4-6-11(16)7-10/h4-8H,9H2,1-3H3/b12-8+. The minimum Gasteiger partial charge on any atom is -0.445 e. The van der Waals surface area contributed by atoms with Gasteiger partial charge in [-0.1, -0.05) is 23.7 Å². The van der Waals surface area contributed by atoms with Crippen LogP contribution in [0.15, 0.2) is 36.1 Å². The van der Waals surface area contributed by atoms with Crippen molar-refractivity contribution in [1.82, 2.24) is 4.90 Å². The average Bonchev–Trinajstić information content (AvgIpc) is 2.62. The van der Waals surface area contributed by atoms with Gasteiger partial charge in [-0.05, 0) is 17.7 Å². The molecule has 0 N–H and O–H groups in total. The molecule has 1 fully saturated rings. The van der Waals surface area contributed by atoms with Crippen molar-refractivity contribution in [2.24, 2.45) is 0 Å². The van der Waals surface area contributed by atoms with Gasteiger partial charge in [0.05, 0.1) is 6.08 Å². The zero-order valence-corrected chi connectivity index (χ0v) is 12.8. The van der Waals surface area contributed by atoms with Gasteiger partial charge in [0.15, 0.2) is 0 Å². The molecule has 1 saturated heterocycles. The number of ether oxygens (including phenoxy) is 2. The Morgan fingerprint density at radius 2 is 2.10 bits per heavy atom. The summed E-state index contributed by atoms with van der Waals surface area (Å²) in [7, 11) is 1.63. The van der Waals surface area contributed by atoms with Gasteiger partial charge in [0.25, 0.3) is 5.91 Å². The molecule has 0 bridgehead atoms. The molecule has 0 saturated carbocycles. The summed E-state index contributed by atoms with van der Waals surface area (Å²) in [4.78, 5) is 25.1. The smallest absolute Gasteiger partial charge is 0.377 e. The first kappa shape index (κ1) is 15.4. The summed E-state index contributed by atoms with van der Waals surface area (Å²) in [5.74, 6) is -2.10. The molecule has 1 aliphatic rings. The Morgan fingerprint density at radius 1 is 1.38 bits per heavy atom. The van der Waals surface area contributed by atoms with Crippen molar-refractivity contribution in [2.75, 3.05) is 7.05 Å². The molecule has 2 rings (SSSR count). The monoisotopic (exact) mass is 309 g/mol. The van der Waals surface area contributed by atoms with E-state index in [4.69, 9.17) is 21.1 Å². The Balaban J connectivity index is 2.05. The van der Waals surface area contributed by atoms with Gasteiger partial charge in [-0.3, -0.25) is 4.79 Å². The number of rotatable bonds is 3. The van der Waals surface area contributed by atoms with Crippen LogP contribution in [0, 0.1) is 0 Å². The van der Waals surface area contributed by atoms with Gasteiger partial charge in [0.1, 0.15) is 0 Å². The summed E-state index contributed by atoms with van der Waals surface area (Å²) in [5.41, 5.74) is 0.895. The van der Waals surface area contributed by atoms with Crippen LogP contribution in [-0.2, 0) is 25.6 Å².